The Morgan fingerprint density at radius 2 is 1.86 bits per heavy atom. The Hall–Kier alpha value is -3.42. The largest absolute Gasteiger partial charge is 0.508 e. The van der Waals surface area contributed by atoms with E-state index < -0.39 is 17.5 Å². The molecule has 8 heteroatoms. The first-order valence-electron chi connectivity index (χ1n) is 8.85. The van der Waals surface area contributed by atoms with Gasteiger partial charge >= 0.3 is 6.03 Å². The van der Waals surface area contributed by atoms with Crippen LogP contribution in [0.3, 0.4) is 0 Å². The van der Waals surface area contributed by atoms with E-state index in [1.165, 1.54) is 29.2 Å². The van der Waals surface area contributed by atoms with Crippen molar-refractivity contribution in [1.82, 2.24) is 15.5 Å². The number of benzene rings is 2. The number of carbonyl (C=O) groups excluding carboxylic acids is 3. The topological polar surface area (TPSA) is 98.7 Å². The van der Waals surface area contributed by atoms with E-state index in [2.05, 4.69) is 10.6 Å². The number of aryl methyl sites for hydroxylation is 1. The standard InChI is InChI=1S/C20H18FN3O4/c21-14-4-1-12(2-5-14)7-8-20(18(27)22-19(28)23-20)11-24-10-13-3-6-15(25)9-16(13)17(24)26/h1-6,9,25H,7-8,10-11H2,(H2,22,23,27,28)/t20-/m1/s1. The zero-order valence-electron chi connectivity index (χ0n) is 14.9. The molecule has 28 heavy (non-hydrogen) atoms. The molecule has 3 N–H and O–H groups in total. The Morgan fingerprint density at radius 1 is 1.11 bits per heavy atom. The summed E-state index contributed by atoms with van der Waals surface area (Å²) in [6.07, 6.45) is 0.672. The van der Waals surface area contributed by atoms with Gasteiger partial charge in [-0.2, -0.15) is 0 Å². The first-order valence-corrected chi connectivity index (χ1v) is 8.85. The molecule has 144 valence electrons. The second-order valence-electron chi connectivity index (χ2n) is 7.12. The molecule has 0 spiro atoms. The molecule has 1 fully saturated rings. The van der Waals surface area contributed by atoms with Gasteiger partial charge in [-0.25, -0.2) is 9.18 Å². The summed E-state index contributed by atoms with van der Waals surface area (Å²) < 4.78 is 13.1. The van der Waals surface area contributed by atoms with E-state index in [4.69, 9.17) is 0 Å². The number of urea groups is 1. The molecule has 7 nitrogen and oxygen atoms in total. The third kappa shape index (κ3) is 3.17. The Labute approximate surface area is 160 Å². The van der Waals surface area contributed by atoms with Crippen LogP contribution in [0.4, 0.5) is 9.18 Å². The summed E-state index contributed by atoms with van der Waals surface area (Å²) >= 11 is 0. The molecule has 0 bridgehead atoms. The van der Waals surface area contributed by atoms with Crippen molar-refractivity contribution in [3.05, 3.63) is 65.0 Å². The predicted octanol–water partition coefficient (Wildman–Crippen LogP) is 1.70. The van der Waals surface area contributed by atoms with Crippen LogP contribution in [0.2, 0.25) is 0 Å². The molecule has 0 unspecified atom stereocenters. The highest BCUT2D eigenvalue weighted by molar-refractivity contribution is 6.08. The molecular weight excluding hydrogens is 365 g/mol. The molecule has 2 aromatic rings. The van der Waals surface area contributed by atoms with Crippen molar-refractivity contribution in [1.29, 1.82) is 0 Å². The third-order valence-electron chi connectivity index (χ3n) is 5.20. The number of hydrogen-bond donors (Lipinski definition) is 3. The lowest BCUT2D eigenvalue weighted by molar-refractivity contribution is -0.124. The van der Waals surface area contributed by atoms with Gasteiger partial charge in [0.05, 0.1) is 6.54 Å². The summed E-state index contributed by atoms with van der Waals surface area (Å²) in [4.78, 5) is 38.6. The van der Waals surface area contributed by atoms with Crippen LogP contribution < -0.4 is 10.6 Å². The fourth-order valence-corrected chi connectivity index (χ4v) is 3.71. The number of halogens is 1. The van der Waals surface area contributed by atoms with Crippen molar-refractivity contribution in [3.8, 4) is 5.75 Å². The molecule has 1 saturated heterocycles. The fourth-order valence-electron chi connectivity index (χ4n) is 3.71. The number of amides is 4. The van der Waals surface area contributed by atoms with Crippen LogP contribution >= 0.6 is 0 Å². The van der Waals surface area contributed by atoms with E-state index >= 15 is 0 Å². The van der Waals surface area contributed by atoms with E-state index in [1.807, 2.05) is 0 Å². The maximum atomic E-state index is 13.1. The maximum Gasteiger partial charge on any atom is 0.322 e. The van der Waals surface area contributed by atoms with Crippen molar-refractivity contribution >= 4 is 17.8 Å². The summed E-state index contributed by atoms with van der Waals surface area (Å²) in [5.74, 6) is -1.16. The summed E-state index contributed by atoms with van der Waals surface area (Å²) in [5.41, 5.74) is 0.681. The molecule has 2 aromatic carbocycles. The van der Waals surface area contributed by atoms with Gasteiger partial charge in [-0.15, -0.1) is 0 Å². The Kier molecular flexibility index (Phi) is 4.26. The number of nitrogens with one attached hydrogen (secondary N) is 2. The molecule has 0 aliphatic carbocycles. The van der Waals surface area contributed by atoms with Crippen LogP contribution in [-0.4, -0.2) is 39.9 Å². The van der Waals surface area contributed by atoms with E-state index in [9.17, 15) is 23.9 Å². The van der Waals surface area contributed by atoms with Gasteiger partial charge in [-0.05, 0) is 48.2 Å². The number of phenols is 1. The third-order valence-corrected chi connectivity index (χ3v) is 5.20. The highest BCUT2D eigenvalue weighted by Crippen LogP contribution is 2.29. The van der Waals surface area contributed by atoms with Crippen LogP contribution in [0.1, 0.15) is 27.9 Å². The van der Waals surface area contributed by atoms with E-state index in [0.29, 0.717) is 12.0 Å². The number of nitrogens with zero attached hydrogens (tertiary/aromatic N) is 1. The second-order valence-corrected chi connectivity index (χ2v) is 7.12. The lowest BCUT2D eigenvalue weighted by Gasteiger charge is -2.31. The van der Waals surface area contributed by atoms with Crippen molar-refractivity contribution < 1.29 is 23.9 Å². The number of hydrogen-bond acceptors (Lipinski definition) is 4. The first-order chi connectivity index (χ1) is 13.4. The van der Waals surface area contributed by atoms with Crippen molar-refractivity contribution in [2.24, 2.45) is 0 Å². The fraction of sp³-hybridized carbons (Fsp3) is 0.250. The molecule has 1 atom stereocenters. The second kappa shape index (κ2) is 6.63. The van der Waals surface area contributed by atoms with Gasteiger partial charge in [0.25, 0.3) is 11.8 Å². The van der Waals surface area contributed by atoms with Gasteiger partial charge in [0.1, 0.15) is 17.1 Å². The van der Waals surface area contributed by atoms with Gasteiger partial charge in [0.15, 0.2) is 0 Å². The smallest absolute Gasteiger partial charge is 0.322 e. The number of fused-ring (bicyclic) bond motifs is 1. The van der Waals surface area contributed by atoms with E-state index in [-0.39, 0.29) is 37.0 Å². The summed E-state index contributed by atoms with van der Waals surface area (Å²) in [5, 5.41) is 14.5. The molecular formula is C20H18FN3O4. The van der Waals surface area contributed by atoms with Crippen molar-refractivity contribution in [2.45, 2.75) is 24.9 Å². The first kappa shape index (κ1) is 18.0. The zero-order valence-corrected chi connectivity index (χ0v) is 14.9. The monoisotopic (exact) mass is 383 g/mol. The quantitative estimate of drug-likeness (QED) is 0.685. The molecule has 0 saturated carbocycles. The van der Waals surface area contributed by atoms with Crippen molar-refractivity contribution in [2.75, 3.05) is 6.54 Å². The number of imide groups is 1. The average molecular weight is 383 g/mol. The Balaban J connectivity index is 1.55. The molecule has 2 aliphatic rings. The lowest BCUT2D eigenvalue weighted by atomic mass is 9.90. The molecule has 2 heterocycles. The minimum Gasteiger partial charge on any atom is -0.508 e. The number of rotatable bonds is 5. The zero-order chi connectivity index (χ0) is 19.9. The van der Waals surface area contributed by atoms with E-state index in [0.717, 1.165) is 11.1 Å². The molecule has 4 amide bonds. The average Bonchev–Trinajstić information content (AvgIpc) is 3.11. The minimum atomic E-state index is -1.27. The van der Waals surface area contributed by atoms with Crippen molar-refractivity contribution in [3.63, 3.8) is 0 Å². The van der Waals surface area contributed by atoms with Crippen LogP contribution in [0.5, 0.6) is 5.75 Å². The predicted molar refractivity (Wildman–Crippen MR) is 97.0 cm³/mol. The number of aromatic hydroxyl groups is 1. The molecule has 2 aliphatic heterocycles. The summed E-state index contributed by atoms with van der Waals surface area (Å²) in [7, 11) is 0. The molecule has 0 aromatic heterocycles. The SMILES string of the molecule is O=C1NC(=O)[C@@](CCc2ccc(F)cc2)(CN2Cc3ccc(O)cc3C2=O)N1. The Bertz CT molecular complexity index is 976. The Morgan fingerprint density at radius 3 is 2.54 bits per heavy atom. The molecule has 0 radical (unpaired) electrons. The van der Waals surface area contributed by atoms with Gasteiger partial charge in [0, 0.05) is 12.1 Å². The van der Waals surface area contributed by atoms with Gasteiger partial charge in [-0.3, -0.25) is 14.9 Å². The molecule has 4 rings (SSSR count). The van der Waals surface area contributed by atoms with Gasteiger partial charge in [0.2, 0.25) is 0 Å². The van der Waals surface area contributed by atoms with Crippen LogP contribution in [0.25, 0.3) is 0 Å². The van der Waals surface area contributed by atoms with Crippen LogP contribution in [-0.2, 0) is 17.8 Å². The van der Waals surface area contributed by atoms with Gasteiger partial charge in [-0.1, -0.05) is 18.2 Å². The highest BCUT2D eigenvalue weighted by atomic mass is 19.1. The summed E-state index contributed by atoms with van der Waals surface area (Å²) in [6, 6.07) is 9.88. The normalized spacial score (nSPS) is 20.9. The maximum absolute atomic E-state index is 13.1. The van der Waals surface area contributed by atoms with Gasteiger partial charge < -0.3 is 15.3 Å². The lowest BCUT2D eigenvalue weighted by Crippen LogP contribution is -2.55. The number of carbonyl (C=O) groups is 3. The minimum absolute atomic E-state index is 0.0000429. The highest BCUT2D eigenvalue weighted by Gasteiger charge is 2.48. The summed E-state index contributed by atoms with van der Waals surface area (Å²) in [6.45, 7) is 0.288. The van der Waals surface area contributed by atoms with Crippen LogP contribution in [0, 0.1) is 5.82 Å². The number of phenolic OH excluding ortho intramolecular Hbond substituents is 1. The van der Waals surface area contributed by atoms with E-state index in [1.54, 1.807) is 18.2 Å². The van der Waals surface area contributed by atoms with Crippen LogP contribution in [0.15, 0.2) is 42.5 Å².